The Morgan fingerprint density at radius 2 is 0.784 bits per heavy atom. The molecular weight excluding hydrogens is 481 g/mol. The highest BCUT2D eigenvalue weighted by Crippen LogP contribution is 2.44. The number of hydroxylamine groups is 2. The zero-order valence-electron chi connectivity index (χ0n) is 25.4. The van der Waals surface area contributed by atoms with Gasteiger partial charge in [0.2, 0.25) is 0 Å². The van der Waals surface area contributed by atoms with E-state index in [0.717, 1.165) is 38.5 Å². The Morgan fingerprint density at radius 1 is 0.486 bits per heavy atom. The zero-order valence-corrected chi connectivity index (χ0v) is 26.3. The lowest BCUT2D eigenvalue weighted by Gasteiger charge is -2.24. The third-order valence-electron chi connectivity index (χ3n) is 7.24. The van der Waals surface area contributed by atoms with Gasteiger partial charge in [-0.2, -0.15) is 9.69 Å². The molecule has 0 aliphatic carbocycles. The molecule has 1 unspecified atom stereocenters. The fourth-order valence-electron chi connectivity index (χ4n) is 4.80. The number of unbranched alkanes of at least 4 members (excludes halogenated alkanes) is 22. The average Bonchev–Trinajstić information content (AvgIpc) is 2.88. The monoisotopic (exact) mass is 547 g/mol. The van der Waals surface area contributed by atoms with Crippen LogP contribution >= 0.6 is 7.82 Å². The second-order valence-electron chi connectivity index (χ2n) is 11.1. The predicted octanol–water partition coefficient (Wildman–Crippen LogP) is 11.1. The molecular formula is C31H66NO4P. The Kier molecular flexibility index (Phi) is 29.1. The van der Waals surface area contributed by atoms with Gasteiger partial charge >= 0.3 is 7.82 Å². The van der Waals surface area contributed by atoms with E-state index in [2.05, 4.69) is 20.8 Å². The highest BCUT2D eigenvalue weighted by atomic mass is 31.2. The first-order valence-electron chi connectivity index (χ1n) is 16.5. The molecule has 37 heavy (non-hydrogen) atoms. The summed E-state index contributed by atoms with van der Waals surface area (Å²) in [4.78, 5) is 10.3. The second-order valence-corrected chi connectivity index (χ2v) is 12.4. The molecule has 0 fully saturated rings. The molecule has 0 heterocycles. The standard InChI is InChI=1S/C31H66NO4P/c1-4-7-10-13-16-17-18-19-20-21-22-25-28-31-35-37(33,34)36-32(29-26-23-14-11-8-5-2)30-27-24-15-12-9-6-3/h4-31H2,1-3H3,(H,33,34). The van der Waals surface area contributed by atoms with E-state index in [1.165, 1.54) is 122 Å². The lowest BCUT2D eigenvalue weighted by atomic mass is 10.0. The molecule has 224 valence electrons. The molecule has 0 rings (SSSR count). The van der Waals surface area contributed by atoms with Gasteiger partial charge in [0.25, 0.3) is 0 Å². The Balaban J connectivity index is 3.97. The Labute approximate surface area is 232 Å². The summed E-state index contributed by atoms with van der Waals surface area (Å²) >= 11 is 0. The van der Waals surface area contributed by atoms with Gasteiger partial charge in [-0.1, -0.05) is 162 Å². The van der Waals surface area contributed by atoms with Gasteiger partial charge in [0, 0.05) is 13.1 Å². The van der Waals surface area contributed by atoms with Crippen molar-refractivity contribution in [3.8, 4) is 0 Å². The molecule has 0 aromatic carbocycles. The first-order valence-corrected chi connectivity index (χ1v) is 18.0. The van der Waals surface area contributed by atoms with Crippen LogP contribution in [0.3, 0.4) is 0 Å². The summed E-state index contributed by atoms with van der Waals surface area (Å²) in [6, 6.07) is 0. The van der Waals surface area contributed by atoms with Crippen LogP contribution in [0.5, 0.6) is 0 Å². The van der Waals surface area contributed by atoms with Gasteiger partial charge in [-0.25, -0.2) is 4.57 Å². The summed E-state index contributed by atoms with van der Waals surface area (Å²) in [5.74, 6) is 0. The van der Waals surface area contributed by atoms with E-state index >= 15 is 0 Å². The molecule has 1 atom stereocenters. The normalized spacial score (nSPS) is 13.4. The van der Waals surface area contributed by atoms with Gasteiger partial charge in [-0.05, 0) is 19.3 Å². The molecule has 0 aromatic rings. The van der Waals surface area contributed by atoms with Crippen LogP contribution in [0.25, 0.3) is 0 Å². The Bertz CT molecular complexity index is 476. The first-order chi connectivity index (χ1) is 18.1. The summed E-state index contributed by atoms with van der Waals surface area (Å²) < 4.78 is 23.4. The third kappa shape index (κ3) is 28.9. The van der Waals surface area contributed by atoms with Crippen LogP contribution in [0.2, 0.25) is 0 Å². The maximum Gasteiger partial charge on any atom is 0.489 e. The van der Waals surface area contributed by atoms with E-state index in [1.807, 2.05) is 0 Å². The summed E-state index contributed by atoms with van der Waals surface area (Å²) in [5.41, 5.74) is 0. The molecule has 0 bridgehead atoms. The molecule has 0 radical (unpaired) electrons. The molecule has 0 amide bonds. The van der Waals surface area contributed by atoms with E-state index in [-0.39, 0.29) is 0 Å². The van der Waals surface area contributed by atoms with Crippen molar-refractivity contribution in [1.29, 1.82) is 0 Å². The zero-order chi connectivity index (χ0) is 27.3. The number of phosphoric ester groups is 1. The van der Waals surface area contributed by atoms with E-state index in [9.17, 15) is 9.46 Å². The smallest absolute Gasteiger partial charge is 0.301 e. The van der Waals surface area contributed by atoms with Gasteiger partial charge < -0.3 is 4.89 Å². The topological polar surface area (TPSA) is 59.0 Å². The largest absolute Gasteiger partial charge is 0.489 e. The number of hydrogen-bond donors (Lipinski definition) is 1. The van der Waals surface area contributed by atoms with Gasteiger partial charge in [0.15, 0.2) is 0 Å². The van der Waals surface area contributed by atoms with Crippen molar-refractivity contribution in [2.75, 3.05) is 19.7 Å². The van der Waals surface area contributed by atoms with Crippen LogP contribution in [-0.4, -0.2) is 29.7 Å². The molecule has 5 nitrogen and oxygen atoms in total. The van der Waals surface area contributed by atoms with E-state index < -0.39 is 7.82 Å². The van der Waals surface area contributed by atoms with Crippen molar-refractivity contribution in [2.45, 2.75) is 181 Å². The summed E-state index contributed by atoms with van der Waals surface area (Å²) in [5, 5.41) is 1.71. The molecule has 0 saturated heterocycles. The number of hydrogen-bond acceptors (Lipinski definition) is 4. The third-order valence-corrected chi connectivity index (χ3v) is 8.19. The SMILES string of the molecule is CCCCCCCCCCCCCCCOP(=O)(O)ON(CCCCCCCC)CCCCCCCC. The van der Waals surface area contributed by atoms with Crippen molar-refractivity contribution in [1.82, 2.24) is 5.06 Å². The Hall–Kier alpha value is 0.0700. The van der Waals surface area contributed by atoms with Gasteiger partial charge in [-0.15, -0.1) is 0 Å². The van der Waals surface area contributed by atoms with E-state index in [4.69, 9.17) is 9.15 Å². The highest BCUT2D eigenvalue weighted by Gasteiger charge is 2.25. The summed E-state index contributed by atoms with van der Waals surface area (Å²) in [7, 11) is -4.04. The maximum absolute atomic E-state index is 12.6. The lowest BCUT2D eigenvalue weighted by Crippen LogP contribution is -2.26. The van der Waals surface area contributed by atoms with Crippen LogP contribution in [-0.2, 0) is 13.7 Å². The lowest BCUT2D eigenvalue weighted by molar-refractivity contribution is -0.0885. The number of nitrogens with zero attached hydrogens (tertiary/aromatic N) is 1. The van der Waals surface area contributed by atoms with Crippen molar-refractivity contribution >= 4 is 7.82 Å². The van der Waals surface area contributed by atoms with E-state index in [0.29, 0.717) is 19.7 Å². The molecule has 0 spiro atoms. The maximum atomic E-state index is 12.6. The van der Waals surface area contributed by atoms with Gasteiger partial charge in [0.05, 0.1) is 6.61 Å². The fourth-order valence-corrected chi connectivity index (χ4v) is 5.66. The summed E-state index contributed by atoms with van der Waals surface area (Å²) in [6.45, 7) is 8.43. The van der Waals surface area contributed by atoms with Crippen LogP contribution in [0.1, 0.15) is 181 Å². The first kappa shape index (κ1) is 37.1. The average molecular weight is 548 g/mol. The van der Waals surface area contributed by atoms with Crippen molar-refractivity contribution in [2.24, 2.45) is 0 Å². The van der Waals surface area contributed by atoms with Crippen molar-refractivity contribution < 1.29 is 18.6 Å². The predicted molar refractivity (Wildman–Crippen MR) is 161 cm³/mol. The fraction of sp³-hybridized carbons (Fsp3) is 1.00. The van der Waals surface area contributed by atoms with Crippen LogP contribution in [0.4, 0.5) is 0 Å². The minimum atomic E-state index is -4.04. The molecule has 0 aromatic heterocycles. The van der Waals surface area contributed by atoms with Crippen LogP contribution in [0.15, 0.2) is 0 Å². The van der Waals surface area contributed by atoms with Crippen LogP contribution < -0.4 is 0 Å². The van der Waals surface area contributed by atoms with Crippen molar-refractivity contribution in [3.63, 3.8) is 0 Å². The van der Waals surface area contributed by atoms with Crippen molar-refractivity contribution in [3.05, 3.63) is 0 Å². The molecule has 6 heteroatoms. The minimum Gasteiger partial charge on any atom is -0.301 e. The number of rotatable bonds is 31. The molecule has 0 saturated carbocycles. The molecule has 0 aliphatic heterocycles. The van der Waals surface area contributed by atoms with E-state index in [1.54, 1.807) is 5.06 Å². The molecule has 0 aliphatic rings. The Morgan fingerprint density at radius 3 is 1.14 bits per heavy atom. The van der Waals surface area contributed by atoms with Crippen LogP contribution in [0, 0.1) is 0 Å². The highest BCUT2D eigenvalue weighted by molar-refractivity contribution is 7.47. The molecule has 1 N–H and O–H groups in total. The van der Waals surface area contributed by atoms with Gasteiger partial charge in [-0.3, -0.25) is 4.52 Å². The minimum absolute atomic E-state index is 0.299. The summed E-state index contributed by atoms with van der Waals surface area (Å²) in [6.07, 6.45) is 31.0. The number of phosphoric acid groups is 1. The second kappa shape index (κ2) is 29.1. The van der Waals surface area contributed by atoms with Gasteiger partial charge in [0.1, 0.15) is 0 Å². The quantitative estimate of drug-likeness (QED) is 0.0531.